The molecular formula is C11H16N4O4. The molecule has 1 aromatic rings. The van der Waals surface area contributed by atoms with Crippen molar-refractivity contribution in [2.75, 3.05) is 13.2 Å². The van der Waals surface area contributed by atoms with Gasteiger partial charge in [-0.2, -0.15) is 0 Å². The molecule has 0 aliphatic carbocycles. The number of carboxylic acid groups (broad SMARTS) is 1. The van der Waals surface area contributed by atoms with Crippen LogP contribution in [0, 0.1) is 5.92 Å². The van der Waals surface area contributed by atoms with Crippen molar-refractivity contribution in [2.24, 2.45) is 5.92 Å². The third kappa shape index (κ3) is 3.50. The average molecular weight is 268 g/mol. The lowest BCUT2D eigenvalue weighted by Crippen LogP contribution is -2.32. The van der Waals surface area contributed by atoms with Gasteiger partial charge in [-0.15, -0.1) is 5.10 Å². The molecule has 8 nitrogen and oxygen atoms in total. The lowest BCUT2D eigenvalue weighted by Gasteiger charge is -2.13. The highest BCUT2D eigenvalue weighted by Gasteiger charge is 2.25. The molecule has 0 radical (unpaired) electrons. The lowest BCUT2D eigenvalue weighted by molar-refractivity contribution is -0.137. The molecule has 1 fully saturated rings. The van der Waals surface area contributed by atoms with Crippen LogP contribution in [0.25, 0.3) is 0 Å². The van der Waals surface area contributed by atoms with Gasteiger partial charge in [-0.3, -0.25) is 9.59 Å². The summed E-state index contributed by atoms with van der Waals surface area (Å²) < 4.78 is 6.51. The Hall–Kier alpha value is -1.96. The van der Waals surface area contributed by atoms with E-state index < -0.39 is 5.97 Å². The molecule has 2 atom stereocenters. The molecule has 1 aliphatic rings. The van der Waals surface area contributed by atoms with Gasteiger partial charge in [-0.05, 0) is 13.3 Å². The number of nitrogens with zero attached hydrogens (tertiary/aromatic N) is 3. The SMILES string of the molecule is CC1OCCC1CNC(=O)c1cn(CC(=O)O)nn1. The van der Waals surface area contributed by atoms with Gasteiger partial charge >= 0.3 is 5.97 Å². The zero-order valence-corrected chi connectivity index (χ0v) is 10.6. The maximum Gasteiger partial charge on any atom is 0.325 e. The Morgan fingerprint density at radius 3 is 3.05 bits per heavy atom. The number of amides is 1. The number of carboxylic acids is 1. The fourth-order valence-electron chi connectivity index (χ4n) is 1.98. The minimum atomic E-state index is -1.03. The third-order valence-corrected chi connectivity index (χ3v) is 3.13. The molecule has 1 aliphatic heterocycles. The average Bonchev–Trinajstić information content (AvgIpc) is 2.95. The summed E-state index contributed by atoms with van der Waals surface area (Å²) in [6.07, 6.45) is 2.38. The zero-order valence-electron chi connectivity index (χ0n) is 10.6. The molecule has 1 aromatic heterocycles. The molecule has 1 amide bonds. The van der Waals surface area contributed by atoms with E-state index in [2.05, 4.69) is 15.6 Å². The largest absolute Gasteiger partial charge is 0.480 e. The number of ether oxygens (including phenoxy) is 1. The van der Waals surface area contributed by atoms with Gasteiger partial charge in [0, 0.05) is 19.1 Å². The minimum Gasteiger partial charge on any atom is -0.480 e. The molecule has 8 heteroatoms. The van der Waals surface area contributed by atoms with E-state index in [-0.39, 0.29) is 24.2 Å². The smallest absolute Gasteiger partial charge is 0.325 e. The molecule has 2 N–H and O–H groups in total. The number of hydrogen-bond donors (Lipinski definition) is 2. The van der Waals surface area contributed by atoms with Crippen molar-refractivity contribution in [3.63, 3.8) is 0 Å². The Bertz CT molecular complexity index is 473. The Labute approximate surface area is 109 Å². The van der Waals surface area contributed by atoms with Gasteiger partial charge in [-0.25, -0.2) is 4.68 Å². The summed E-state index contributed by atoms with van der Waals surface area (Å²) in [7, 11) is 0. The first-order valence-corrected chi connectivity index (χ1v) is 6.08. The van der Waals surface area contributed by atoms with E-state index in [4.69, 9.17) is 9.84 Å². The van der Waals surface area contributed by atoms with Crippen molar-refractivity contribution in [1.29, 1.82) is 0 Å². The van der Waals surface area contributed by atoms with Crippen molar-refractivity contribution in [2.45, 2.75) is 26.0 Å². The van der Waals surface area contributed by atoms with Crippen molar-refractivity contribution < 1.29 is 19.4 Å². The van der Waals surface area contributed by atoms with Gasteiger partial charge in [0.2, 0.25) is 0 Å². The van der Waals surface area contributed by atoms with Gasteiger partial charge in [0.25, 0.3) is 5.91 Å². The van der Waals surface area contributed by atoms with E-state index in [1.807, 2.05) is 6.92 Å². The van der Waals surface area contributed by atoms with Crippen LogP contribution in [-0.2, 0) is 16.1 Å². The number of hydrogen-bond acceptors (Lipinski definition) is 5. The van der Waals surface area contributed by atoms with Gasteiger partial charge in [0.1, 0.15) is 6.54 Å². The number of rotatable bonds is 5. The molecule has 0 saturated carbocycles. The van der Waals surface area contributed by atoms with Gasteiger partial charge in [0.05, 0.1) is 12.3 Å². The van der Waals surface area contributed by atoms with Crippen LogP contribution in [-0.4, -0.2) is 51.2 Å². The first kappa shape index (κ1) is 13.5. The van der Waals surface area contributed by atoms with Crippen molar-refractivity contribution in [3.05, 3.63) is 11.9 Å². The van der Waals surface area contributed by atoms with Crippen LogP contribution in [0.5, 0.6) is 0 Å². The predicted octanol–water partition coefficient (Wildman–Crippen LogP) is -0.482. The Morgan fingerprint density at radius 1 is 1.63 bits per heavy atom. The van der Waals surface area contributed by atoms with Crippen LogP contribution in [0.4, 0.5) is 0 Å². The fourth-order valence-corrected chi connectivity index (χ4v) is 1.98. The minimum absolute atomic E-state index is 0.118. The number of nitrogens with one attached hydrogen (secondary N) is 1. The van der Waals surface area contributed by atoms with Crippen LogP contribution in [0.2, 0.25) is 0 Å². The number of carbonyl (C=O) groups is 2. The second-order valence-electron chi connectivity index (χ2n) is 4.53. The summed E-state index contributed by atoms with van der Waals surface area (Å²) in [4.78, 5) is 22.3. The quantitative estimate of drug-likeness (QED) is 0.747. The summed E-state index contributed by atoms with van der Waals surface area (Å²) in [6, 6.07) is 0. The van der Waals surface area contributed by atoms with E-state index in [1.165, 1.54) is 6.20 Å². The molecule has 0 spiro atoms. The normalized spacial score (nSPS) is 22.4. The van der Waals surface area contributed by atoms with E-state index in [0.29, 0.717) is 12.5 Å². The number of aliphatic carboxylic acids is 1. The van der Waals surface area contributed by atoms with Crippen LogP contribution in [0.1, 0.15) is 23.8 Å². The topological polar surface area (TPSA) is 106 Å². The molecule has 0 aromatic carbocycles. The van der Waals surface area contributed by atoms with E-state index in [9.17, 15) is 9.59 Å². The summed E-state index contributed by atoms with van der Waals surface area (Å²) in [6.45, 7) is 2.91. The van der Waals surface area contributed by atoms with Crippen molar-refractivity contribution in [1.82, 2.24) is 20.3 Å². The highest BCUT2D eigenvalue weighted by Crippen LogP contribution is 2.19. The monoisotopic (exact) mass is 268 g/mol. The second kappa shape index (κ2) is 5.79. The molecule has 0 bridgehead atoms. The predicted molar refractivity (Wildman–Crippen MR) is 63.5 cm³/mol. The second-order valence-corrected chi connectivity index (χ2v) is 4.53. The first-order chi connectivity index (χ1) is 9.06. The zero-order chi connectivity index (χ0) is 13.8. The number of carbonyl (C=O) groups excluding carboxylic acids is 1. The van der Waals surface area contributed by atoms with Crippen molar-refractivity contribution in [3.8, 4) is 0 Å². The Kier molecular flexibility index (Phi) is 4.10. The van der Waals surface area contributed by atoms with Gasteiger partial charge in [-0.1, -0.05) is 5.21 Å². The van der Waals surface area contributed by atoms with Crippen LogP contribution < -0.4 is 5.32 Å². The van der Waals surface area contributed by atoms with Gasteiger partial charge in [0.15, 0.2) is 5.69 Å². The highest BCUT2D eigenvalue weighted by atomic mass is 16.5. The van der Waals surface area contributed by atoms with Crippen LogP contribution >= 0.6 is 0 Å². The van der Waals surface area contributed by atoms with E-state index in [0.717, 1.165) is 17.7 Å². The van der Waals surface area contributed by atoms with Gasteiger partial charge < -0.3 is 15.2 Å². The fraction of sp³-hybridized carbons (Fsp3) is 0.636. The first-order valence-electron chi connectivity index (χ1n) is 6.08. The molecule has 104 valence electrons. The summed E-state index contributed by atoms with van der Waals surface area (Å²) in [5.41, 5.74) is 0.118. The molecule has 2 heterocycles. The molecule has 2 rings (SSSR count). The molecule has 19 heavy (non-hydrogen) atoms. The highest BCUT2D eigenvalue weighted by molar-refractivity contribution is 5.91. The summed E-state index contributed by atoms with van der Waals surface area (Å²) >= 11 is 0. The number of aromatic nitrogens is 3. The third-order valence-electron chi connectivity index (χ3n) is 3.13. The molecular weight excluding hydrogens is 252 g/mol. The van der Waals surface area contributed by atoms with Crippen LogP contribution in [0.15, 0.2) is 6.20 Å². The van der Waals surface area contributed by atoms with E-state index >= 15 is 0 Å². The maximum absolute atomic E-state index is 11.8. The summed E-state index contributed by atoms with van der Waals surface area (Å²) in [5, 5.41) is 18.6. The molecule has 1 saturated heterocycles. The molecule has 2 unspecified atom stereocenters. The van der Waals surface area contributed by atoms with Crippen LogP contribution in [0.3, 0.4) is 0 Å². The lowest BCUT2D eigenvalue weighted by atomic mass is 10.0. The maximum atomic E-state index is 11.8. The standard InChI is InChI=1S/C11H16N4O4/c1-7-8(2-3-19-7)4-12-11(18)9-5-15(14-13-9)6-10(16)17/h5,7-8H,2-4,6H2,1H3,(H,12,18)(H,16,17). The summed E-state index contributed by atoms with van der Waals surface area (Å²) in [5.74, 6) is -1.08. The Balaban J connectivity index is 1.85. The van der Waals surface area contributed by atoms with E-state index in [1.54, 1.807) is 0 Å². The van der Waals surface area contributed by atoms with Crippen molar-refractivity contribution >= 4 is 11.9 Å². The Morgan fingerprint density at radius 2 is 2.42 bits per heavy atom.